The SMILES string of the molecule is Cc1c(C(=O)O)n(CCCNC(=O)OC(C)(C)C)c2c(Br)cc(C#N)cc12. The average molecular weight is 436 g/mol. The molecule has 27 heavy (non-hydrogen) atoms. The summed E-state index contributed by atoms with van der Waals surface area (Å²) < 4.78 is 7.54. The molecule has 1 amide bonds. The minimum absolute atomic E-state index is 0.179. The number of carbonyl (C=O) groups excluding carboxylic acids is 1. The predicted molar refractivity (Wildman–Crippen MR) is 105 cm³/mol. The fourth-order valence-corrected chi connectivity index (χ4v) is 3.58. The lowest BCUT2D eigenvalue weighted by Gasteiger charge is -2.19. The summed E-state index contributed by atoms with van der Waals surface area (Å²) in [5, 5.41) is 22.2. The van der Waals surface area contributed by atoms with Gasteiger partial charge in [-0.15, -0.1) is 0 Å². The maximum Gasteiger partial charge on any atom is 0.407 e. The third kappa shape index (κ3) is 4.80. The molecule has 0 fully saturated rings. The van der Waals surface area contributed by atoms with E-state index in [1.165, 1.54) is 0 Å². The van der Waals surface area contributed by atoms with E-state index in [0.717, 1.165) is 10.9 Å². The van der Waals surface area contributed by atoms with E-state index in [9.17, 15) is 14.7 Å². The fourth-order valence-electron chi connectivity index (χ4n) is 2.91. The van der Waals surface area contributed by atoms with Gasteiger partial charge in [-0.1, -0.05) is 0 Å². The van der Waals surface area contributed by atoms with Crippen LogP contribution in [0.4, 0.5) is 4.79 Å². The summed E-state index contributed by atoms with van der Waals surface area (Å²) in [6, 6.07) is 5.44. The summed E-state index contributed by atoms with van der Waals surface area (Å²) in [6.07, 6.45) is 0.0178. The van der Waals surface area contributed by atoms with Crippen LogP contribution in [-0.4, -0.2) is 33.9 Å². The van der Waals surface area contributed by atoms with Gasteiger partial charge in [0.25, 0.3) is 0 Å². The molecule has 0 saturated carbocycles. The fraction of sp³-hybridized carbons (Fsp3) is 0.421. The molecule has 2 aromatic rings. The maximum absolute atomic E-state index is 11.8. The Kier molecular flexibility index (Phi) is 6.16. The third-order valence-corrected chi connectivity index (χ3v) is 4.53. The lowest BCUT2D eigenvalue weighted by Crippen LogP contribution is -2.33. The highest BCUT2D eigenvalue weighted by molar-refractivity contribution is 9.10. The van der Waals surface area contributed by atoms with Crippen molar-refractivity contribution < 1.29 is 19.4 Å². The number of hydrogen-bond donors (Lipinski definition) is 2. The lowest BCUT2D eigenvalue weighted by atomic mass is 10.1. The first kappa shape index (κ1) is 20.8. The Labute approximate surface area is 166 Å². The Morgan fingerprint density at radius 1 is 1.37 bits per heavy atom. The number of aromatic nitrogens is 1. The molecule has 0 aliphatic rings. The van der Waals surface area contributed by atoms with Crippen LogP contribution in [0.5, 0.6) is 0 Å². The third-order valence-electron chi connectivity index (χ3n) is 3.92. The van der Waals surface area contributed by atoms with E-state index in [4.69, 9.17) is 10.00 Å². The van der Waals surface area contributed by atoms with E-state index < -0.39 is 17.7 Å². The highest BCUT2D eigenvalue weighted by atomic mass is 79.9. The number of ether oxygens (including phenoxy) is 1. The average Bonchev–Trinajstić information content (AvgIpc) is 2.82. The predicted octanol–water partition coefficient (Wildman–Crippen LogP) is 4.20. The molecular weight excluding hydrogens is 414 g/mol. The van der Waals surface area contributed by atoms with Gasteiger partial charge >= 0.3 is 12.1 Å². The van der Waals surface area contributed by atoms with Crippen LogP contribution in [0, 0.1) is 18.3 Å². The topological polar surface area (TPSA) is 104 Å². The number of hydrogen-bond acceptors (Lipinski definition) is 4. The van der Waals surface area contributed by atoms with Crippen molar-refractivity contribution in [3.63, 3.8) is 0 Å². The summed E-state index contributed by atoms with van der Waals surface area (Å²) in [7, 11) is 0. The number of nitriles is 1. The van der Waals surface area contributed by atoms with E-state index in [2.05, 4.69) is 27.3 Å². The molecule has 1 aromatic heterocycles. The summed E-state index contributed by atoms with van der Waals surface area (Å²) in [4.78, 5) is 23.5. The monoisotopic (exact) mass is 435 g/mol. The Bertz CT molecular complexity index is 935. The van der Waals surface area contributed by atoms with Crippen molar-refractivity contribution in [2.75, 3.05) is 6.54 Å². The van der Waals surface area contributed by atoms with Crippen LogP contribution in [0.15, 0.2) is 16.6 Å². The van der Waals surface area contributed by atoms with Crippen molar-refractivity contribution in [2.45, 2.75) is 46.3 Å². The maximum atomic E-state index is 11.8. The van der Waals surface area contributed by atoms with Crippen molar-refractivity contribution >= 4 is 38.9 Å². The Morgan fingerprint density at radius 2 is 2.04 bits per heavy atom. The molecule has 0 atom stereocenters. The minimum Gasteiger partial charge on any atom is -0.477 e. The zero-order valence-electron chi connectivity index (χ0n) is 15.7. The molecule has 0 saturated heterocycles. The number of fused-ring (bicyclic) bond motifs is 1. The summed E-state index contributed by atoms with van der Waals surface area (Å²) in [5.41, 5.74) is 1.39. The number of carbonyl (C=O) groups is 2. The number of nitrogens with one attached hydrogen (secondary N) is 1. The first-order chi connectivity index (χ1) is 12.5. The van der Waals surface area contributed by atoms with E-state index in [0.29, 0.717) is 35.1 Å². The number of amides is 1. The van der Waals surface area contributed by atoms with Crippen molar-refractivity contribution in [3.8, 4) is 6.07 Å². The van der Waals surface area contributed by atoms with E-state index in [-0.39, 0.29) is 5.69 Å². The highest BCUT2D eigenvalue weighted by Gasteiger charge is 2.22. The van der Waals surface area contributed by atoms with Gasteiger partial charge in [0.05, 0.1) is 17.1 Å². The quantitative estimate of drug-likeness (QED) is 0.684. The van der Waals surface area contributed by atoms with Crippen LogP contribution in [0.1, 0.15) is 48.8 Å². The molecule has 0 bridgehead atoms. The second-order valence-corrected chi connectivity index (χ2v) is 8.03. The number of alkyl carbamates (subject to hydrolysis) is 1. The second kappa shape index (κ2) is 8.01. The summed E-state index contributed by atoms with van der Waals surface area (Å²) in [5.74, 6) is -1.03. The van der Waals surface area contributed by atoms with E-state index in [1.54, 1.807) is 44.4 Å². The Balaban J connectivity index is 2.25. The molecule has 144 valence electrons. The molecule has 7 nitrogen and oxygen atoms in total. The molecule has 0 unspecified atom stereocenters. The molecule has 0 spiro atoms. The zero-order chi connectivity index (χ0) is 20.4. The standard InChI is InChI=1S/C19H22BrN3O4/c1-11-13-8-12(10-21)9-14(20)16(13)23(15(11)17(24)25)7-5-6-22-18(26)27-19(2,3)4/h8-9H,5-7H2,1-4H3,(H,22,26)(H,24,25). The number of rotatable bonds is 5. The van der Waals surface area contributed by atoms with Gasteiger partial charge < -0.3 is 19.7 Å². The van der Waals surface area contributed by atoms with Crippen LogP contribution < -0.4 is 5.32 Å². The molecule has 1 aromatic carbocycles. The summed E-state index contributed by atoms with van der Waals surface area (Å²) >= 11 is 3.45. The molecule has 0 aliphatic carbocycles. The molecule has 2 N–H and O–H groups in total. The molecule has 0 aliphatic heterocycles. The van der Waals surface area contributed by atoms with Gasteiger partial charge in [-0.3, -0.25) is 0 Å². The number of aromatic carboxylic acids is 1. The van der Waals surface area contributed by atoms with Gasteiger partial charge in [-0.2, -0.15) is 5.26 Å². The summed E-state index contributed by atoms with van der Waals surface area (Å²) in [6.45, 7) is 7.83. The lowest BCUT2D eigenvalue weighted by molar-refractivity contribution is 0.0525. The first-order valence-corrected chi connectivity index (χ1v) is 9.27. The van der Waals surface area contributed by atoms with Crippen LogP contribution >= 0.6 is 15.9 Å². The molecule has 1 heterocycles. The number of carboxylic acids is 1. The molecule has 0 radical (unpaired) electrons. The number of halogens is 1. The van der Waals surface area contributed by atoms with Gasteiger partial charge in [0, 0.05) is 22.9 Å². The van der Waals surface area contributed by atoms with Crippen molar-refractivity contribution in [1.29, 1.82) is 5.26 Å². The van der Waals surface area contributed by atoms with Crippen molar-refractivity contribution in [2.24, 2.45) is 0 Å². The van der Waals surface area contributed by atoms with Crippen LogP contribution in [0.2, 0.25) is 0 Å². The van der Waals surface area contributed by atoms with Crippen LogP contribution in [-0.2, 0) is 11.3 Å². The smallest absolute Gasteiger partial charge is 0.407 e. The van der Waals surface area contributed by atoms with Gasteiger partial charge in [0.2, 0.25) is 0 Å². The van der Waals surface area contributed by atoms with Crippen molar-refractivity contribution in [1.82, 2.24) is 9.88 Å². The number of nitrogens with zero attached hydrogens (tertiary/aromatic N) is 2. The first-order valence-electron chi connectivity index (χ1n) is 8.47. The Morgan fingerprint density at radius 3 is 2.59 bits per heavy atom. The van der Waals surface area contributed by atoms with E-state index in [1.807, 2.05) is 0 Å². The number of carboxylic acid groups (broad SMARTS) is 1. The zero-order valence-corrected chi connectivity index (χ0v) is 17.3. The van der Waals surface area contributed by atoms with Gasteiger partial charge in [0.15, 0.2) is 0 Å². The molecular formula is C19H22BrN3O4. The normalized spacial score (nSPS) is 11.3. The van der Waals surface area contributed by atoms with Gasteiger partial charge in [-0.25, -0.2) is 9.59 Å². The van der Waals surface area contributed by atoms with Crippen LogP contribution in [0.3, 0.4) is 0 Å². The van der Waals surface area contributed by atoms with E-state index >= 15 is 0 Å². The molecule has 2 rings (SSSR count). The van der Waals surface area contributed by atoms with Gasteiger partial charge in [-0.05, 0) is 67.7 Å². The minimum atomic E-state index is -1.03. The number of benzene rings is 1. The second-order valence-electron chi connectivity index (χ2n) is 7.18. The van der Waals surface area contributed by atoms with Crippen molar-refractivity contribution in [3.05, 3.63) is 33.4 Å². The Hall–Kier alpha value is -2.53. The highest BCUT2D eigenvalue weighted by Crippen LogP contribution is 2.33. The molecule has 8 heteroatoms. The van der Waals surface area contributed by atoms with Gasteiger partial charge in [0.1, 0.15) is 11.3 Å². The largest absolute Gasteiger partial charge is 0.477 e. The number of aryl methyl sites for hydroxylation is 2. The van der Waals surface area contributed by atoms with Crippen LogP contribution in [0.25, 0.3) is 10.9 Å².